The third-order valence-corrected chi connectivity index (χ3v) is 15.2. The number of benzene rings is 3. The van der Waals surface area contributed by atoms with E-state index in [2.05, 4.69) is 60.8 Å². The van der Waals surface area contributed by atoms with Gasteiger partial charge in [-0.15, -0.1) is 11.3 Å². The van der Waals surface area contributed by atoms with Gasteiger partial charge in [0.1, 0.15) is 36.6 Å². The van der Waals surface area contributed by atoms with Crippen LogP contribution in [0.2, 0.25) is 5.02 Å². The zero-order chi connectivity index (χ0) is 50.0. The maximum Gasteiger partial charge on any atom is 0.254 e. The van der Waals surface area contributed by atoms with E-state index in [0.29, 0.717) is 35.1 Å². The number of hydrogen-bond acceptors (Lipinski definition) is 11. The highest BCUT2D eigenvalue weighted by Gasteiger charge is 2.67. The van der Waals surface area contributed by atoms with Crippen LogP contribution >= 0.6 is 22.9 Å². The summed E-state index contributed by atoms with van der Waals surface area (Å²) < 4.78 is 12.2. The summed E-state index contributed by atoms with van der Waals surface area (Å²) in [7, 11) is 0. The predicted octanol–water partition coefficient (Wildman–Crippen LogP) is 8.45. The zero-order valence-corrected chi connectivity index (χ0v) is 42.7. The molecule has 7 rings (SSSR count). The van der Waals surface area contributed by atoms with Crippen molar-refractivity contribution in [2.75, 3.05) is 31.6 Å². The first-order chi connectivity index (χ1) is 32.6. The van der Waals surface area contributed by atoms with Crippen molar-refractivity contribution in [3.05, 3.63) is 99.1 Å². The number of nitriles is 1. The van der Waals surface area contributed by atoms with Gasteiger partial charge in [-0.05, 0) is 85.5 Å². The second-order valence-corrected chi connectivity index (χ2v) is 22.3. The van der Waals surface area contributed by atoms with Gasteiger partial charge in [0.25, 0.3) is 5.91 Å². The molecule has 0 unspecified atom stereocenters. The second kappa shape index (κ2) is 20.8. The highest BCUT2D eigenvalue weighted by Crippen LogP contribution is 2.59. The number of hydrogen-bond donors (Lipinski definition) is 4. The van der Waals surface area contributed by atoms with Crippen molar-refractivity contribution in [2.45, 2.75) is 131 Å². The van der Waals surface area contributed by atoms with Gasteiger partial charge in [-0.25, -0.2) is 4.98 Å². The molecule has 1 aliphatic carbocycles. The molecule has 1 aromatic heterocycles. The Morgan fingerprint density at radius 2 is 1.74 bits per heavy atom. The average molecular weight is 981 g/mol. The van der Waals surface area contributed by atoms with Gasteiger partial charge in [-0.3, -0.25) is 19.2 Å². The van der Waals surface area contributed by atoms with E-state index >= 15 is 0 Å². The highest BCUT2D eigenvalue weighted by molar-refractivity contribution is 7.13. The lowest BCUT2D eigenvalue weighted by Gasteiger charge is -2.65. The molecule has 4 amide bonds. The summed E-state index contributed by atoms with van der Waals surface area (Å²) in [5.41, 5.74) is 6.36. The van der Waals surface area contributed by atoms with Crippen LogP contribution in [0.15, 0.2) is 66.2 Å². The summed E-state index contributed by atoms with van der Waals surface area (Å²) in [6, 6.07) is 18.8. The maximum atomic E-state index is 14.1. The fourth-order valence-corrected chi connectivity index (χ4v) is 11.8. The number of ether oxygens (including phenoxy) is 2. The minimum Gasteiger partial charge on any atom is -0.489 e. The fraction of sp³-hybridized carbons (Fsp3) is 0.509. The molecule has 368 valence electrons. The number of amides is 4. The molecule has 3 aromatic carbocycles. The molecule has 16 heteroatoms. The van der Waals surface area contributed by atoms with Gasteiger partial charge >= 0.3 is 0 Å². The number of nitrogens with zero attached hydrogens (tertiary/aromatic N) is 4. The van der Waals surface area contributed by atoms with E-state index < -0.39 is 35.4 Å². The molecule has 3 aliphatic rings. The smallest absolute Gasteiger partial charge is 0.254 e. The monoisotopic (exact) mass is 979 g/mol. The summed E-state index contributed by atoms with van der Waals surface area (Å²) in [4.78, 5) is 63.5. The van der Waals surface area contributed by atoms with Gasteiger partial charge in [-0.1, -0.05) is 84.3 Å². The van der Waals surface area contributed by atoms with Crippen LogP contribution in [0.5, 0.6) is 5.75 Å². The Morgan fingerprint density at radius 3 is 2.39 bits per heavy atom. The van der Waals surface area contributed by atoms with E-state index in [-0.39, 0.29) is 60.4 Å². The number of unbranched alkanes of at least 4 members (excludes halogenated alkanes) is 2. The van der Waals surface area contributed by atoms with Crippen LogP contribution in [0.25, 0.3) is 10.4 Å². The van der Waals surface area contributed by atoms with Crippen molar-refractivity contribution in [3.8, 4) is 22.3 Å². The van der Waals surface area contributed by atoms with Crippen LogP contribution in [0.3, 0.4) is 0 Å². The number of fused-ring (bicyclic) bond motifs is 1. The molecule has 1 saturated heterocycles. The summed E-state index contributed by atoms with van der Waals surface area (Å²) in [5, 5.41) is 29.7. The lowest BCUT2D eigenvalue weighted by Crippen LogP contribution is -2.74. The summed E-state index contributed by atoms with van der Waals surface area (Å²) in [6.45, 7) is 19.3. The van der Waals surface area contributed by atoms with E-state index in [9.17, 15) is 29.5 Å². The molecule has 1 saturated carbocycles. The Kier molecular flexibility index (Phi) is 15.5. The number of likely N-dealkylation sites (tertiary alicyclic amines) is 1. The third kappa shape index (κ3) is 11.1. The third-order valence-electron chi connectivity index (χ3n) is 13.9. The Labute approximate surface area is 415 Å². The zero-order valence-electron chi connectivity index (χ0n) is 41.2. The Bertz CT molecular complexity index is 2570. The average Bonchev–Trinajstić information content (AvgIpc) is 4.00. The van der Waals surface area contributed by atoms with Crippen molar-refractivity contribution < 1.29 is 33.8 Å². The normalized spacial score (nSPS) is 21.2. The number of β-amino-alcohol motifs (C(OH)–C–C–N with tert-alkyl or cyclic N) is 1. The number of carbonyl (C=O) groups excluding carboxylic acids is 4. The molecule has 4 aromatic rings. The maximum absolute atomic E-state index is 14.1. The van der Waals surface area contributed by atoms with E-state index in [1.165, 1.54) is 4.90 Å². The summed E-state index contributed by atoms with van der Waals surface area (Å²) in [5.74, 6) is -0.616. The van der Waals surface area contributed by atoms with Gasteiger partial charge in [0.2, 0.25) is 17.7 Å². The van der Waals surface area contributed by atoms with Gasteiger partial charge in [0.15, 0.2) is 0 Å². The van der Waals surface area contributed by atoms with Crippen LogP contribution in [0.1, 0.15) is 120 Å². The number of aryl methyl sites for hydroxylation is 1. The number of aliphatic hydroxyl groups excluding tert-OH is 1. The van der Waals surface area contributed by atoms with Crippen LogP contribution in [-0.4, -0.2) is 100 Å². The predicted molar refractivity (Wildman–Crippen MR) is 268 cm³/mol. The largest absolute Gasteiger partial charge is 0.489 e. The SMILES string of the molecule is Cc1ncsc1-c1ccc([C@H](C)NC(=O)[C@@H]2C[C@@H](O)CN2C(=O)[C@@H](NC(=O)COCCCCCNc2ccc3c(c2)CN(C2C(C)(C)C(Oc4ccc(C#N)c(Cl)c4)C2(C)C)C3=O)C(C)(C)C)cc1. The molecular formula is C53H66ClN7O7S. The number of anilines is 1. The number of aromatic nitrogens is 1. The first kappa shape index (κ1) is 51.3. The molecule has 69 heavy (non-hydrogen) atoms. The van der Waals surface area contributed by atoms with E-state index in [1.807, 2.05) is 81.4 Å². The van der Waals surface area contributed by atoms with E-state index in [4.69, 9.17) is 21.1 Å². The second-order valence-electron chi connectivity index (χ2n) is 21.0. The quantitative estimate of drug-likeness (QED) is 0.0706. The number of carbonyl (C=O) groups is 4. The number of aliphatic hydroxyl groups is 1. The minimum absolute atomic E-state index is 0.0126. The summed E-state index contributed by atoms with van der Waals surface area (Å²) in [6.07, 6.45) is 1.49. The number of nitrogens with one attached hydrogen (secondary N) is 3. The van der Waals surface area contributed by atoms with Crippen molar-refractivity contribution in [1.82, 2.24) is 25.4 Å². The first-order valence-corrected chi connectivity index (χ1v) is 25.1. The van der Waals surface area contributed by atoms with Crippen LogP contribution in [-0.2, 0) is 25.7 Å². The number of halogens is 1. The van der Waals surface area contributed by atoms with Crippen molar-refractivity contribution in [3.63, 3.8) is 0 Å². The Balaban J connectivity index is 0.826. The van der Waals surface area contributed by atoms with Gasteiger partial charge < -0.3 is 40.3 Å². The molecule has 0 radical (unpaired) electrons. The fourth-order valence-electron chi connectivity index (χ4n) is 10.8. The van der Waals surface area contributed by atoms with Crippen molar-refractivity contribution in [1.29, 1.82) is 5.26 Å². The molecule has 2 aliphatic heterocycles. The van der Waals surface area contributed by atoms with Gasteiger partial charge in [0.05, 0.1) is 38.8 Å². The van der Waals surface area contributed by atoms with Gasteiger partial charge in [-0.2, -0.15) is 5.26 Å². The molecular weight excluding hydrogens is 914 g/mol. The standard InChI is InChI=1S/C53H66ClN7O7S/c1-31(33-13-15-34(16-14-33)44-32(2)57-30-69-44)58-46(64)42-24-38(62)28-60(42)48(66)45(51(3,4)5)59-43(63)29-67-22-12-10-11-21-56-37-18-20-40-36(23-37)27-61(47(40)65)49-52(6,7)50(53(49,8)9)68-39-19-17-35(26-55)41(54)25-39/h13-20,23,25,30-31,38,42,45,49-50,56,62H,10-12,21-22,24,27-29H2,1-9H3,(H,58,64)(H,59,63)/t31-,38+,42-,45+,49?,50?/m0/s1. The van der Waals surface area contributed by atoms with Crippen molar-refractivity contribution in [2.24, 2.45) is 16.2 Å². The molecule has 0 spiro atoms. The molecule has 4 atom stereocenters. The number of rotatable bonds is 18. The molecule has 2 fully saturated rings. The van der Waals surface area contributed by atoms with Crippen LogP contribution in [0, 0.1) is 34.5 Å². The molecule has 4 N–H and O–H groups in total. The lowest BCUT2D eigenvalue weighted by molar-refractivity contribution is -0.199. The van der Waals surface area contributed by atoms with E-state index in [0.717, 1.165) is 58.8 Å². The van der Waals surface area contributed by atoms with Crippen molar-refractivity contribution >= 4 is 52.3 Å². The number of thiazole rings is 1. The van der Waals surface area contributed by atoms with Crippen LogP contribution in [0.4, 0.5) is 5.69 Å². The lowest BCUT2D eigenvalue weighted by atomic mass is 9.49. The minimum atomic E-state index is -0.953. The molecule has 0 bridgehead atoms. The Morgan fingerprint density at radius 1 is 1.01 bits per heavy atom. The van der Waals surface area contributed by atoms with Crippen LogP contribution < -0.4 is 20.7 Å². The first-order valence-electron chi connectivity index (χ1n) is 23.8. The molecule has 14 nitrogen and oxygen atoms in total. The Hall–Kier alpha value is -5.53. The summed E-state index contributed by atoms with van der Waals surface area (Å²) >= 11 is 7.87. The van der Waals surface area contributed by atoms with E-state index in [1.54, 1.807) is 29.5 Å². The van der Waals surface area contributed by atoms with Gasteiger partial charge in [0, 0.05) is 66.9 Å². The molecule has 3 heterocycles. The highest BCUT2D eigenvalue weighted by atomic mass is 35.5. The topological polar surface area (TPSA) is 186 Å².